The summed E-state index contributed by atoms with van der Waals surface area (Å²) in [5.74, 6) is -1.14. The number of likely N-dealkylation sites (tertiary alicyclic amines) is 1. The molecule has 0 bridgehead atoms. The van der Waals surface area contributed by atoms with Gasteiger partial charge in [-0.1, -0.05) is 12.7 Å². The van der Waals surface area contributed by atoms with Crippen LogP contribution in [0.1, 0.15) is 6.42 Å². The minimum atomic E-state index is -1.14. The van der Waals surface area contributed by atoms with Crippen LogP contribution in [0.25, 0.3) is 0 Å². The zero-order valence-electron chi connectivity index (χ0n) is 8.13. The molecule has 6 heteroatoms. The summed E-state index contributed by atoms with van der Waals surface area (Å²) in [6.45, 7) is 3.39. The molecule has 0 unspecified atom stereocenters. The lowest BCUT2D eigenvalue weighted by Gasteiger charge is -2.19. The summed E-state index contributed by atoms with van der Waals surface area (Å²) in [5.41, 5.74) is 0. The largest absolute Gasteiger partial charge is 0.480 e. The van der Waals surface area contributed by atoms with E-state index in [4.69, 9.17) is 9.84 Å². The van der Waals surface area contributed by atoms with Gasteiger partial charge in [-0.25, -0.2) is 9.59 Å². The molecular formula is C9H13NO5. The summed E-state index contributed by atoms with van der Waals surface area (Å²) in [6, 6.07) is -1.00. The fourth-order valence-electron chi connectivity index (χ4n) is 1.46. The van der Waals surface area contributed by atoms with Crippen LogP contribution in [0, 0.1) is 0 Å². The average Bonchev–Trinajstić information content (AvgIpc) is 2.57. The molecule has 15 heavy (non-hydrogen) atoms. The second kappa shape index (κ2) is 4.79. The lowest BCUT2D eigenvalue weighted by molar-refractivity contribution is -0.141. The Morgan fingerprint density at radius 1 is 1.60 bits per heavy atom. The van der Waals surface area contributed by atoms with Crippen molar-refractivity contribution < 1.29 is 24.5 Å². The monoisotopic (exact) mass is 215 g/mol. The normalized spacial score (nSPS) is 25.0. The van der Waals surface area contributed by atoms with Crippen LogP contribution in [-0.2, 0) is 9.53 Å². The van der Waals surface area contributed by atoms with Gasteiger partial charge >= 0.3 is 12.1 Å². The van der Waals surface area contributed by atoms with Crippen molar-refractivity contribution in [1.82, 2.24) is 4.90 Å². The molecule has 0 saturated carbocycles. The molecular weight excluding hydrogens is 202 g/mol. The number of amides is 1. The molecule has 0 aromatic heterocycles. The molecule has 0 spiro atoms. The summed E-state index contributed by atoms with van der Waals surface area (Å²) < 4.78 is 4.70. The highest BCUT2D eigenvalue weighted by atomic mass is 16.6. The number of carbonyl (C=O) groups excluding carboxylic acids is 1. The van der Waals surface area contributed by atoms with Gasteiger partial charge in [-0.05, 0) is 0 Å². The quantitative estimate of drug-likeness (QED) is 0.638. The van der Waals surface area contributed by atoms with Crippen LogP contribution in [0.2, 0.25) is 0 Å². The van der Waals surface area contributed by atoms with Crippen molar-refractivity contribution in [3.63, 3.8) is 0 Å². The predicted octanol–water partition coefficient (Wildman–Crippen LogP) is -0.171. The van der Waals surface area contributed by atoms with E-state index in [1.807, 2.05) is 0 Å². The maximum atomic E-state index is 11.3. The number of β-amino-alcohol motifs (C(OH)–C–C–N with tert-alkyl or cyclic N) is 1. The first-order valence-corrected chi connectivity index (χ1v) is 4.51. The van der Waals surface area contributed by atoms with Crippen LogP contribution < -0.4 is 0 Å². The summed E-state index contributed by atoms with van der Waals surface area (Å²) in [5, 5.41) is 18.1. The van der Waals surface area contributed by atoms with Crippen molar-refractivity contribution in [2.45, 2.75) is 18.6 Å². The number of carboxylic acid groups (broad SMARTS) is 1. The molecule has 0 aliphatic carbocycles. The topological polar surface area (TPSA) is 87.1 Å². The number of hydrogen-bond acceptors (Lipinski definition) is 4. The highest BCUT2D eigenvalue weighted by Crippen LogP contribution is 2.18. The van der Waals surface area contributed by atoms with E-state index in [9.17, 15) is 14.7 Å². The summed E-state index contributed by atoms with van der Waals surface area (Å²) in [4.78, 5) is 23.1. The molecule has 2 atom stereocenters. The molecule has 1 rings (SSSR count). The van der Waals surface area contributed by atoms with E-state index >= 15 is 0 Å². The lowest BCUT2D eigenvalue weighted by Crippen LogP contribution is -2.40. The van der Waals surface area contributed by atoms with E-state index < -0.39 is 24.2 Å². The number of aliphatic hydroxyl groups is 1. The molecule has 2 N–H and O–H groups in total. The van der Waals surface area contributed by atoms with Gasteiger partial charge in [0.1, 0.15) is 12.6 Å². The maximum absolute atomic E-state index is 11.3. The van der Waals surface area contributed by atoms with Gasteiger partial charge in [-0.3, -0.25) is 4.90 Å². The average molecular weight is 215 g/mol. The second-order valence-electron chi connectivity index (χ2n) is 3.26. The number of carbonyl (C=O) groups is 2. The molecule has 1 amide bonds. The maximum Gasteiger partial charge on any atom is 0.410 e. The highest BCUT2D eigenvalue weighted by Gasteiger charge is 2.39. The smallest absolute Gasteiger partial charge is 0.410 e. The molecule has 1 fully saturated rings. The van der Waals surface area contributed by atoms with Crippen molar-refractivity contribution >= 4 is 12.1 Å². The van der Waals surface area contributed by atoms with Gasteiger partial charge in [0.25, 0.3) is 0 Å². The third-order valence-electron chi connectivity index (χ3n) is 2.12. The Hall–Kier alpha value is -1.56. The van der Waals surface area contributed by atoms with E-state index in [1.54, 1.807) is 0 Å². The SMILES string of the molecule is C=CCOC(=O)N1C[C@@H](O)C[C@H]1C(=O)O. The van der Waals surface area contributed by atoms with Gasteiger partial charge in [0, 0.05) is 6.42 Å². The fourth-order valence-corrected chi connectivity index (χ4v) is 1.46. The number of hydrogen-bond donors (Lipinski definition) is 2. The number of rotatable bonds is 3. The molecule has 1 saturated heterocycles. The van der Waals surface area contributed by atoms with Gasteiger partial charge in [-0.15, -0.1) is 0 Å². The molecule has 6 nitrogen and oxygen atoms in total. The summed E-state index contributed by atoms with van der Waals surface area (Å²) in [7, 11) is 0. The van der Waals surface area contributed by atoms with Crippen LogP contribution in [0.3, 0.4) is 0 Å². The Morgan fingerprint density at radius 3 is 2.80 bits per heavy atom. The number of carboxylic acids is 1. The molecule has 1 aliphatic rings. The lowest BCUT2D eigenvalue weighted by atomic mass is 10.2. The van der Waals surface area contributed by atoms with Gasteiger partial charge in [0.15, 0.2) is 0 Å². The zero-order valence-corrected chi connectivity index (χ0v) is 8.13. The third kappa shape index (κ3) is 2.69. The zero-order chi connectivity index (χ0) is 11.4. The van der Waals surface area contributed by atoms with E-state index in [0.29, 0.717) is 0 Å². The van der Waals surface area contributed by atoms with Crippen LogP contribution in [0.5, 0.6) is 0 Å². The number of nitrogens with zero attached hydrogens (tertiary/aromatic N) is 1. The standard InChI is InChI=1S/C9H13NO5/c1-2-3-15-9(14)10-5-6(11)4-7(10)8(12)13/h2,6-7,11H,1,3-5H2,(H,12,13)/t6-,7-/m0/s1. The number of aliphatic hydroxyl groups excluding tert-OH is 1. The van der Waals surface area contributed by atoms with Crippen molar-refractivity contribution in [2.75, 3.05) is 13.2 Å². The van der Waals surface area contributed by atoms with E-state index in [-0.39, 0.29) is 19.6 Å². The van der Waals surface area contributed by atoms with Crippen molar-refractivity contribution in [1.29, 1.82) is 0 Å². The van der Waals surface area contributed by atoms with Crippen molar-refractivity contribution in [3.05, 3.63) is 12.7 Å². The first kappa shape index (κ1) is 11.5. The highest BCUT2D eigenvalue weighted by molar-refractivity contribution is 5.80. The first-order chi connectivity index (χ1) is 7.06. The van der Waals surface area contributed by atoms with E-state index in [0.717, 1.165) is 4.90 Å². The van der Waals surface area contributed by atoms with Gasteiger partial charge in [-0.2, -0.15) is 0 Å². The molecule has 84 valence electrons. The molecule has 0 radical (unpaired) electrons. The van der Waals surface area contributed by atoms with Crippen LogP contribution in [0.15, 0.2) is 12.7 Å². The van der Waals surface area contributed by atoms with Gasteiger partial charge < -0.3 is 14.9 Å². The predicted molar refractivity (Wildman–Crippen MR) is 50.3 cm³/mol. The van der Waals surface area contributed by atoms with Gasteiger partial charge in [0.2, 0.25) is 0 Å². The Morgan fingerprint density at radius 2 is 2.27 bits per heavy atom. The molecule has 1 aliphatic heterocycles. The third-order valence-corrected chi connectivity index (χ3v) is 2.12. The van der Waals surface area contributed by atoms with Crippen molar-refractivity contribution in [2.24, 2.45) is 0 Å². The molecule has 0 aromatic carbocycles. The van der Waals surface area contributed by atoms with Crippen LogP contribution in [0.4, 0.5) is 4.79 Å². The van der Waals surface area contributed by atoms with E-state index in [1.165, 1.54) is 6.08 Å². The second-order valence-corrected chi connectivity index (χ2v) is 3.26. The molecule has 1 heterocycles. The number of aliphatic carboxylic acids is 1. The minimum absolute atomic E-state index is 0.00700. The Bertz CT molecular complexity index is 278. The Kier molecular flexibility index (Phi) is 3.68. The van der Waals surface area contributed by atoms with E-state index in [2.05, 4.69) is 6.58 Å². The Balaban J connectivity index is 2.62. The number of ether oxygens (including phenoxy) is 1. The Labute approximate surface area is 86.7 Å². The minimum Gasteiger partial charge on any atom is -0.480 e. The first-order valence-electron chi connectivity index (χ1n) is 4.51. The van der Waals surface area contributed by atoms with Crippen LogP contribution in [-0.4, -0.2) is 52.5 Å². The summed E-state index contributed by atoms with van der Waals surface area (Å²) in [6.07, 6.45) is -0.111. The fraction of sp³-hybridized carbons (Fsp3) is 0.556. The van der Waals surface area contributed by atoms with Gasteiger partial charge in [0.05, 0.1) is 12.6 Å². The summed E-state index contributed by atoms with van der Waals surface area (Å²) >= 11 is 0. The van der Waals surface area contributed by atoms with Crippen LogP contribution >= 0.6 is 0 Å². The molecule has 0 aromatic rings. The van der Waals surface area contributed by atoms with Crippen molar-refractivity contribution in [3.8, 4) is 0 Å².